The lowest BCUT2D eigenvalue weighted by atomic mass is 9.98. The molecule has 0 spiro atoms. The Morgan fingerprint density at radius 3 is 2.13 bits per heavy atom. The Morgan fingerprint density at radius 1 is 0.667 bits per heavy atom. The minimum Gasteiger partial charge on any atom is -0.256 e. The van der Waals surface area contributed by atoms with E-state index < -0.39 is 0 Å². The highest BCUT2D eigenvalue weighted by molar-refractivity contribution is 7.22. The van der Waals surface area contributed by atoms with Crippen molar-refractivity contribution in [2.75, 3.05) is 0 Å². The van der Waals surface area contributed by atoms with Crippen LogP contribution in [0, 0.1) is 20.8 Å². The van der Waals surface area contributed by atoms with Gasteiger partial charge >= 0.3 is 0 Å². The Morgan fingerprint density at radius 2 is 1.37 bits per heavy atom. The van der Waals surface area contributed by atoms with Gasteiger partial charge in [0.1, 0.15) is 0 Å². The second kappa shape index (κ2) is 7.55. The Labute approximate surface area is 181 Å². The van der Waals surface area contributed by atoms with E-state index in [1.165, 1.54) is 48.3 Å². The molecule has 2 aromatic heterocycles. The molecule has 3 aromatic carbocycles. The normalized spacial score (nSPS) is 11.2. The number of rotatable bonds is 3. The van der Waals surface area contributed by atoms with E-state index in [-0.39, 0.29) is 0 Å². The molecule has 2 heterocycles. The van der Waals surface area contributed by atoms with Crippen molar-refractivity contribution in [2.24, 2.45) is 0 Å². The van der Waals surface area contributed by atoms with Crippen molar-refractivity contribution in [3.63, 3.8) is 0 Å². The van der Waals surface area contributed by atoms with Crippen LogP contribution in [0.15, 0.2) is 85.1 Å². The maximum atomic E-state index is 4.78. The van der Waals surface area contributed by atoms with Crippen LogP contribution in [0.25, 0.3) is 42.9 Å². The molecule has 1 nitrogen and oxygen atoms in total. The smallest absolute Gasteiger partial charge is 0.0716 e. The minimum atomic E-state index is 1.02. The van der Waals surface area contributed by atoms with Gasteiger partial charge in [0.2, 0.25) is 0 Å². The van der Waals surface area contributed by atoms with Gasteiger partial charge in [0.25, 0.3) is 0 Å². The third-order valence-electron chi connectivity index (χ3n) is 5.59. The summed E-state index contributed by atoms with van der Waals surface area (Å²) in [7, 11) is 0. The molecule has 0 aliphatic heterocycles. The summed E-state index contributed by atoms with van der Waals surface area (Å²) in [4.78, 5) is 6.10. The SMILES string of the molecule is Cc1cc(C)c(-c2cc3cnc(-c4cccc(-c5ccccc5)c4)cc3s2)c(C)c1. The first-order valence-corrected chi connectivity index (χ1v) is 11.0. The van der Waals surface area contributed by atoms with Crippen molar-refractivity contribution in [1.29, 1.82) is 0 Å². The molecule has 0 fully saturated rings. The molecule has 0 unspecified atom stereocenters. The number of aromatic nitrogens is 1. The number of hydrogen-bond donors (Lipinski definition) is 0. The fraction of sp³-hybridized carbons (Fsp3) is 0.107. The van der Waals surface area contributed by atoms with Crippen LogP contribution in [0.2, 0.25) is 0 Å². The van der Waals surface area contributed by atoms with E-state index in [4.69, 9.17) is 4.98 Å². The predicted molar refractivity (Wildman–Crippen MR) is 130 cm³/mol. The van der Waals surface area contributed by atoms with Crippen molar-refractivity contribution in [3.8, 4) is 32.8 Å². The molecule has 0 aliphatic rings. The molecule has 0 radical (unpaired) electrons. The van der Waals surface area contributed by atoms with Crippen LogP contribution >= 0.6 is 11.3 Å². The summed E-state index contributed by atoms with van der Waals surface area (Å²) in [6.45, 7) is 6.57. The number of nitrogens with zero attached hydrogens (tertiary/aromatic N) is 1. The van der Waals surface area contributed by atoms with Crippen LogP contribution in [-0.4, -0.2) is 4.98 Å². The van der Waals surface area contributed by atoms with Gasteiger partial charge in [0, 0.05) is 26.7 Å². The van der Waals surface area contributed by atoms with Gasteiger partial charge in [0.05, 0.1) is 5.69 Å². The summed E-state index contributed by atoms with van der Waals surface area (Å²) < 4.78 is 1.28. The molecule has 5 aromatic rings. The first kappa shape index (κ1) is 18.8. The summed E-state index contributed by atoms with van der Waals surface area (Å²) in [5.74, 6) is 0. The summed E-state index contributed by atoms with van der Waals surface area (Å²) in [5, 5.41) is 1.21. The highest BCUT2D eigenvalue weighted by Crippen LogP contribution is 2.38. The van der Waals surface area contributed by atoms with E-state index in [1.807, 2.05) is 17.5 Å². The first-order valence-electron chi connectivity index (χ1n) is 10.2. The molecule has 0 saturated heterocycles. The fourth-order valence-corrected chi connectivity index (χ4v) is 5.52. The molecule has 146 valence electrons. The lowest BCUT2D eigenvalue weighted by Gasteiger charge is -2.09. The standard InChI is InChI=1S/C28H23NS/c1-18-12-19(2)28(20(3)13-18)27-15-24-17-29-25(16-26(24)30-27)23-11-7-10-22(14-23)21-8-5-4-6-9-21/h4-17H,1-3H3. The van der Waals surface area contributed by atoms with Crippen molar-refractivity contribution in [3.05, 3.63) is 102 Å². The average molecular weight is 406 g/mol. The number of hydrogen-bond acceptors (Lipinski definition) is 2. The molecule has 0 N–H and O–H groups in total. The molecule has 5 rings (SSSR count). The monoisotopic (exact) mass is 405 g/mol. The van der Waals surface area contributed by atoms with E-state index in [9.17, 15) is 0 Å². The molecular weight excluding hydrogens is 382 g/mol. The lowest BCUT2D eigenvalue weighted by Crippen LogP contribution is -1.87. The van der Waals surface area contributed by atoms with Crippen LogP contribution in [0.4, 0.5) is 0 Å². The number of aryl methyl sites for hydroxylation is 3. The van der Waals surface area contributed by atoms with Crippen molar-refractivity contribution in [1.82, 2.24) is 4.98 Å². The van der Waals surface area contributed by atoms with Gasteiger partial charge in [-0.05, 0) is 66.8 Å². The molecule has 30 heavy (non-hydrogen) atoms. The zero-order valence-corrected chi connectivity index (χ0v) is 18.3. The van der Waals surface area contributed by atoms with E-state index in [2.05, 4.69) is 99.6 Å². The molecule has 0 bridgehead atoms. The summed E-state index contributed by atoms with van der Waals surface area (Å²) in [5.41, 5.74) is 9.95. The predicted octanol–water partition coefficient (Wildman–Crippen LogP) is 8.22. The fourth-order valence-electron chi connectivity index (χ4n) is 4.27. The third-order valence-corrected chi connectivity index (χ3v) is 6.71. The first-order chi connectivity index (χ1) is 14.6. The van der Waals surface area contributed by atoms with E-state index in [1.54, 1.807) is 0 Å². The highest BCUT2D eigenvalue weighted by Gasteiger charge is 2.12. The van der Waals surface area contributed by atoms with E-state index >= 15 is 0 Å². The third kappa shape index (κ3) is 3.44. The maximum Gasteiger partial charge on any atom is 0.0716 e. The Balaban J connectivity index is 1.57. The second-order valence-corrected chi connectivity index (χ2v) is 9.02. The Bertz CT molecular complexity index is 1340. The Hall–Kier alpha value is -3.23. The number of pyridine rings is 1. The van der Waals surface area contributed by atoms with Crippen LogP contribution in [-0.2, 0) is 0 Å². The molecular formula is C28H23NS. The second-order valence-electron chi connectivity index (χ2n) is 7.94. The van der Waals surface area contributed by atoms with E-state index in [0.717, 1.165) is 11.3 Å². The van der Waals surface area contributed by atoms with Crippen molar-refractivity contribution >= 4 is 21.4 Å². The zero-order valence-electron chi connectivity index (χ0n) is 17.4. The largest absolute Gasteiger partial charge is 0.256 e. The van der Waals surface area contributed by atoms with Gasteiger partial charge in [0.15, 0.2) is 0 Å². The molecule has 0 amide bonds. The van der Waals surface area contributed by atoms with Crippen LogP contribution in [0.3, 0.4) is 0 Å². The molecule has 0 saturated carbocycles. The van der Waals surface area contributed by atoms with Gasteiger partial charge in [-0.2, -0.15) is 0 Å². The number of fused-ring (bicyclic) bond motifs is 1. The van der Waals surface area contributed by atoms with Crippen molar-refractivity contribution in [2.45, 2.75) is 20.8 Å². The average Bonchev–Trinajstić information content (AvgIpc) is 3.16. The van der Waals surface area contributed by atoms with Crippen LogP contribution in [0.5, 0.6) is 0 Å². The van der Waals surface area contributed by atoms with Gasteiger partial charge in [-0.3, -0.25) is 4.98 Å². The quantitative estimate of drug-likeness (QED) is 0.295. The van der Waals surface area contributed by atoms with E-state index in [0.29, 0.717) is 0 Å². The number of benzene rings is 3. The Kier molecular flexibility index (Phi) is 4.72. The molecule has 0 aliphatic carbocycles. The van der Waals surface area contributed by atoms with Crippen LogP contribution in [0.1, 0.15) is 16.7 Å². The van der Waals surface area contributed by atoms with Crippen LogP contribution < -0.4 is 0 Å². The van der Waals surface area contributed by atoms with Crippen molar-refractivity contribution < 1.29 is 0 Å². The maximum absolute atomic E-state index is 4.78. The highest BCUT2D eigenvalue weighted by atomic mass is 32.1. The van der Waals surface area contributed by atoms with Gasteiger partial charge in [-0.25, -0.2) is 0 Å². The summed E-state index contributed by atoms with van der Waals surface area (Å²) >= 11 is 1.85. The molecule has 2 heteroatoms. The number of thiophene rings is 1. The van der Waals surface area contributed by atoms with Gasteiger partial charge in [-0.15, -0.1) is 11.3 Å². The van der Waals surface area contributed by atoms with Gasteiger partial charge < -0.3 is 0 Å². The lowest BCUT2D eigenvalue weighted by molar-refractivity contribution is 1.33. The molecule has 0 atom stereocenters. The summed E-state index contributed by atoms with van der Waals surface area (Å²) in [6, 6.07) is 28.2. The summed E-state index contributed by atoms with van der Waals surface area (Å²) in [6.07, 6.45) is 2.01. The van der Waals surface area contributed by atoms with Gasteiger partial charge in [-0.1, -0.05) is 66.2 Å². The topological polar surface area (TPSA) is 12.9 Å². The zero-order chi connectivity index (χ0) is 20.7. The minimum absolute atomic E-state index is 1.02.